The van der Waals surface area contributed by atoms with E-state index in [1.807, 2.05) is 0 Å². The van der Waals surface area contributed by atoms with Crippen LogP contribution >= 0.6 is 7.82 Å². The van der Waals surface area contributed by atoms with E-state index in [-0.39, 0.29) is 32.6 Å². The van der Waals surface area contributed by atoms with E-state index < -0.39 is 7.82 Å². The first kappa shape index (κ1) is 25.0. The molecule has 0 amide bonds. The fourth-order valence-corrected chi connectivity index (χ4v) is 1.09. The fourth-order valence-electron chi connectivity index (χ4n) is 0.364. The predicted molar refractivity (Wildman–Crippen MR) is 63.6 cm³/mol. The average molecular weight is 263 g/mol. The van der Waals surface area contributed by atoms with Gasteiger partial charge in [-0.15, -0.1) is 0 Å². The van der Waals surface area contributed by atoms with Crippen molar-refractivity contribution in [1.82, 2.24) is 6.15 Å². The summed E-state index contributed by atoms with van der Waals surface area (Å²) in [6.07, 6.45) is 0. The van der Waals surface area contributed by atoms with Crippen LogP contribution in [-0.4, -0.2) is 41.5 Å². The van der Waals surface area contributed by atoms with E-state index in [1.54, 1.807) is 27.7 Å². The van der Waals surface area contributed by atoms with Crippen LogP contribution in [0.5, 0.6) is 0 Å². The van der Waals surface area contributed by atoms with Gasteiger partial charge >= 0.3 is 7.82 Å². The third-order valence-electron chi connectivity index (χ3n) is 0.584. The molecule has 0 rings (SSSR count). The molecule has 0 saturated heterocycles. The maximum atomic E-state index is 10.5. The molecule has 0 aromatic heterocycles. The summed E-state index contributed by atoms with van der Waals surface area (Å²) >= 11 is 0. The van der Waals surface area contributed by atoms with Crippen LogP contribution in [0.25, 0.3) is 0 Å². The zero-order valence-electron chi connectivity index (χ0n) is 10.5. The van der Waals surface area contributed by atoms with Crippen LogP contribution in [0.4, 0.5) is 0 Å². The lowest BCUT2D eigenvalue weighted by molar-refractivity contribution is 0.161. The topological polar surface area (TPSA) is 131 Å². The van der Waals surface area contributed by atoms with Gasteiger partial charge in [0.1, 0.15) is 0 Å². The van der Waals surface area contributed by atoms with E-state index in [9.17, 15) is 4.57 Å². The van der Waals surface area contributed by atoms with Gasteiger partial charge in [-0.3, -0.25) is 9.05 Å². The average Bonchev–Trinajstić information content (AvgIpc) is 2.06. The summed E-state index contributed by atoms with van der Waals surface area (Å²) in [7, 11) is -3.69. The van der Waals surface area contributed by atoms with Gasteiger partial charge in [0.2, 0.25) is 0 Å². The van der Waals surface area contributed by atoms with Gasteiger partial charge in [-0.25, -0.2) is 4.57 Å². The SMILES string of the molecule is CCO.CCO.CCOP(=O)(O)OCC.N. The van der Waals surface area contributed by atoms with E-state index in [0.717, 1.165) is 0 Å². The summed E-state index contributed by atoms with van der Waals surface area (Å²) in [5.74, 6) is 0. The molecule has 8 heteroatoms. The Kier molecular flexibility index (Phi) is 31.9. The largest absolute Gasteiger partial charge is 0.472 e. The first-order valence-electron chi connectivity index (χ1n) is 4.79. The standard InChI is InChI=1S/C4H11O4P.2C2H6O.H3N/c1-3-7-9(5,6)8-4-2;2*1-2-3;/h3-4H2,1-2H3,(H,5,6);2*3H,2H2,1H3;1H3. The number of aliphatic hydroxyl groups excluding tert-OH is 2. The van der Waals surface area contributed by atoms with Crippen molar-refractivity contribution in [3.05, 3.63) is 0 Å². The second-order valence-corrected chi connectivity index (χ2v) is 3.39. The highest BCUT2D eigenvalue weighted by atomic mass is 31.2. The Morgan fingerprint density at radius 3 is 1.25 bits per heavy atom. The highest BCUT2D eigenvalue weighted by Gasteiger charge is 2.17. The monoisotopic (exact) mass is 263 g/mol. The highest BCUT2D eigenvalue weighted by Crippen LogP contribution is 2.42. The maximum Gasteiger partial charge on any atom is 0.472 e. The Hall–Kier alpha value is -0.0100. The molecule has 16 heavy (non-hydrogen) atoms. The number of rotatable bonds is 4. The number of hydrogen-bond donors (Lipinski definition) is 4. The zero-order chi connectivity index (χ0) is 12.7. The molecule has 7 nitrogen and oxygen atoms in total. The third kappa shape index (κ3) is 37.0. The Bertz CT molecular complexity index is 134. The number of phosphoric ester groups is 1. The normalized spacial score (nSPS) is 8.94. The number of phosphoric acid groups is 1. The van der Waals surface area contributed by atoms with Crippen LogP contribution in [0.2, 0.25) is 0 Å². The quantitative estimate of drug-likeness (QED) is 0.562. The molecule has 0 aliphatic rings. The molecule has 0 unspecified atom stereocenters. The van der Waals surface area contributed by atoms with Crippen molar-refractivity contribution in [3.8, 4) is 0 Å². The van der Waals surface area contributed by atoms with Crippen molar-refractivity contribution in [3.63, 3.8) is 0 Å². The third-order valence-corrected chi connectivity index (χ3v) is 1.75. The Morgan fingerprint density at radius 2 is 1.12 bits per heavy atom. The summed E-state index contributed by atoms with van der Waals surface area (Å²) in [6.45, 7) is 7.49. The van der Waals surface area contributed by atoms with E-state index >= 15 is 0 Å². The predicted octanol–water partition coefficient (Wildman–Crippen LogP) is 1.32. The lowest BCUT2D eigenvalue weighted by Gasteiger charge is -2.07. The van der Waals surface area contributed by atoms with Crippen LogP contribution < -0.4 is 6.15 Å². The molecule has 0 saturated carbocycles. The van der Waals surface area contributed by atoms with Gasteiger partial charge in [0.25, 0.3) is 0 Å². The van der Waals surface area contributed by atoms with Gasteiger partial charge in [0, 0.05) is 13.2 Å². The second kappa shape index (κ2) is 20.4. The summed E-state index contributed by atoms with van der Waals surface area (Å²) in [5, 5.41) is 15.1. The van der Waals surface area contributed by atoms with E-state index in [2.05, 4.69) is 9.05 Å². The molecule has 0 aliphatic heterocycles. The van der Waals surface area contributed by atoms with Crippen molar-refractivity contribution < 1.29 is 28.7 Å². The fraction of sp³-hybridized carbons (Fsp3) is 1.00. The van der Waals surface area contributed by atoms with Gasteiger partial charge in [-0.1, -0.05) is 0 Å². The minimum Gasteiger partial charge on any atom is -0.397 e. The highest BCUT2D eigenvalue weighted by molar-refractivity contribution is 7.47. The molecule has 6 N–H and O–H groups in total. The molecule has 0 aromatic rings. The smallest absolute Gasteiger partial charge is 0.397 e. The van der Waals surface area contributed by atoms with Crippen molar-refractivity contribution >= 4 is 7.82 Å². The zero-order valence-corrected chi connectivity index (χ0v) is 11.4. The molecular formula is C8H26NO6P. The molecule has 0 spiro atoms. The second-order valence-electron chi connectivity index (χ2n) is 1.94. The summed E-state index contributed by atoms with van der Waals surface area (Å²) in [6, 6.07) is 0. The van der Waals surface area contributed by atoms with Crippen LogP contribution in [0.1, 0.15) is 27.7 Å². The van der Waals surface area contributed by atoms with Gasteiger partial charge < -0.3 is 21.3 Å². The first-order chi connectivity index (χ1) is 6.95. The molecule has 0 radical (unpaired) electrons. The van der Waals surface area contributed by atoms with Gasteiger partial charge in [0.15, 0.2) is 0 Å². The first-order valence-corrected chi connectivity index (χ1v) is 6.28. The van der Waals surface area contributed by atoms with Gasteiger partial charge in [-0.05, 0) is 27.7 Å². The van der Waals surface area contributed by atoms with E-state index in [1.165, 1.54) is 0 Å². The van der Waals surface area contributed by atoms with Gasteiger partial charge in [-0.2, -0.15) is 0 Å². The minimum atomic E-state index is -3.69. The van der Waals surface area contributed by atoms with Gasteiger partial charge in [0.05, 0.1) is 13.2 Å². The molecule has 0 heterocycles. The minimum absolute atomic E-state index is 0. The lowest BCUT2D eigenvalue weighted by Crippen LogP contribution is -1.93. The van der Waals surface area contributed by atoms with Crippen LogP contribution in [0.3, 0.4) is 0 Å². The molecule has 0 aliphatic carbocycles. The molecular weight excluding hydrogens is 237 g/mol. The van der Waals surface area contributed by atoms with Crippen molar-refractivity contribution in [2.75, 3.05) is 26.4 Å². The van der Waals surface area contributed by atoms with Crippen molar-refractivity contribution in [2.24, 2.45) is 0 Å². The Labute approximate surface area is 97.6 Å². The maximum absolute atomic E-state index is 10.5. The summed E-state index contributed by atoms with van der Waals surface area (Å²) in [5.41, 5.74) is 0. The van der Waals surface area contributed by atoms with E-state index in [0.29, 0.717) is 0 Å². The van der Waals surface area contributed by atoms with Crippen LogP contribution in [0.15, 0.2) is 0 Å². The molecule has 104 valence electrons. The Morgan fingerprint density at radius 1 is 0.938 bits per heavy atom. The Balaban J connectivity index is -0.0000000870. The number of hydrogen-bond acceptors (Lipinski definition) is 6. The number of aliphatic hydroxyl groups is 2. The van der Waals surface area contributed by atoms with Crippen LogP contribution in [-0.2, 0) is 13.6 Å². The van der Waals surface area contributed by atoms with E-state index in [4.69, 9.17) is 15.1 Å². The molecule has 0 atom stereocenters. The summed E-state index contributed by atoms with van der Waals surface area (Å²) < 4.78 is 19.2. The molecule has 0 fully saturated rings. The van der Waals surface area contributed by atoms with Crippen molar-refractivity contribution in [2.45, 2.75) is 27.7 Å². The lowest BCUT2D eigenvalue weighted by atomic mass is 10.9. The molecule has 0 aromatic carbocycles. The molecule has 0 bridgehead atoms. The van der Waals surface area contributed by atoms with Crippen LogP contribution in [0, 0.1) is 0 Å². The van der Waals surface area contributed by atoms with Crippen molar-refractivity contribution in [1.29, 1.82) is 0 Å². The summed E-state index contributed by atoms with van der Waals surface area (Å²) in [4.78, 5) is 8.63.